The van der Waals surface area contributed by atoms with Crippen molar-refractivity contribution in [3.8, 4) is 0 Å². The van der Waals surface area contributed by atoms with E-state index in [1.165, 1.54) is 0 Å². The monoisotopic (exact) mass is 515 g/mol. The van der Waals surface area contributed by atoms with Crippen LogP contribution >= 0.6 is 0 Å². The second kappa shape index (κ2) is 15.4. The minimum Gasteiger partial charge on any atom is -0.444 e. The fraction of sp³-hybridized carbons (Fsp3) is 0.633. The average Bonchev–Trinajstić information content (AvgIpc) is 2.81. The van der Waals surface area contributed by atoms with Gasteiger partial charge in [0.1, 0.15) is 17.7 Å². The molecule has 0 bridgehead atoms. The molecule has 0 fully saturated rings. The number of benzene rings is 1. The summed E-state index contributed by atoms with van der Waals surface area (Å²) in [5.41, 5.74) is 0.881. The van der Waals surface area contributed by atoms with E-state index in [4.69, 9.17) is 4.74 Å². The van der Waals surface area contributed by atoms with E-state index in [0.717, 1.165) is 37.7 Å². The molecule has 0 radical (unpaired) electrons. The van der Waals surface area contributed by atoms with Crippen molar-refractivity contribution in [2.24, 2.45) is 5.92 Å². The van der Waals surface area contributed by atoms with E-state index >= 15 is 0 Å². The highest BCUT2D eigenvalue weighted by Crippen LogP contribution is 2.28. The van der Waals surface area contributed by atoms with Crippen molar-refractivity contribution in [2.45, 2.75) is 111 Å². The molecule has 3 amide bonds. The van der Waals surface area contributed by atoms with E-state index in [1.807, 2.05) is 31.2 Å². The molecular formula is C30H49N3O4. The summed E-state index contributed by atoms with van der Waals surface area (Å²) < 4.78 is 5.37. The molecule has 1 rings (SSSR count). The van der Waals surface area contributed by atoms with Gasteiger partial charge in [-0.15, -0.1) is 0 Å². The molecule has 2 N–H and O–H groups in total. The topological polar surface area (TPSA) is 87.7 Å². The fourth-order valence-electron chi connectivity index (χ4n) is 4.06. The molecule has 1 aromatic carbocycles. The van der Waals surface area contributed by atoms with E-state index in [0.29, 0.717) is 18.0 Å². The number of unbranched alkanes of at least 4 members (excludes halogenated alkanes) is 2. The van der Waals surface area contributed by atoms with Crippen LogP contribution in [0.25, 0.3) is 6.08 Å². The Morgan fingerprint density at radius 3 is 2.32 bits per heavy atom. The van der Waals surface area contributed by atoms with Crippen molar-refractivity contribution in [3.63, 3.8) is 0 Å². The van der Waals surface area contributed by atoms with Crippen LogP contribution in [0.4, 0.5) is 4.79 Å². The van der Waals surface area contributed by atoms with Crippen molar-refractivity contribution in [1.29, 1.82) is 0 Å². The van der Waals surface area contributed by atoms with E-state index in [9.17, 15) is 14.4 Å². The average molecular weight is 516 g/mol. The third-order valence-electron chi connectivity index (χ3n) is 6.06. The Morgan fingerprint density at radius 1 is 1.08 bits per heavy atom. The van der Waals surface area contributed by atoms with Crippen molar-refractivity contribution in [1.82, 2.24) is 15.5 Å². The number of amides is 3. The summed E-state index contributed by atoms with van der Waals surface area (Å²) in [6, 6.07) is 5.57. The molecule has 7 nitrogen and oxygen atoms in total. The molecule has 1 aromatic rings. The van der Waals surface area contributed by atoms with Crippen LogP contribution < -0.4 is 10.6 Å². The number of hydrogen-bond acceptors (Lipinski definition) is 4. The van der Waals surface area contributed by atoms with Gasteiger partial charge in [-0.1, -0.05) is 64.5 Å². The summed E-state index contributed by atoms with van der Waals surface area (Å²) in [4.78, 5) is 41.7. The molecular weight excluding hydrogens is 466 g/mol. The first-order chi connectivity index (χ1) is 17.3. The highest BCUT2D eigenvalue weighted by molar-refractivity contribution is 5.92. The third-order valence-corrected chi connectivity index (χ3v) is 6.06. The maximum Gasteiger partial charge on any atom is 0.408 e. The Kier molecular flexibility index (Phi) is 13.4. The van der Waals surface area contributed by atoms with Gasteiger partial charge in [-0.05, 0) is 77.0 Å². The van der Waals surface area contributed by atoms with Crippen molar-refractivity contribution >= 4 is 24.0 Å². The summed E-state index contributed by atoms with van der Waals surface area (Å²) in [5.74, 6) is -0.117. The molecule has 0 saturated carbocycles. The maximum atomic E-state index is 13.9. The molecule has 3 atom stereocenters. The van der Waals surface area contributed by atoms with E-state index in [-0.39, 0.29) is 17.9 Å². The fourth-order valence-corrected chi connectivity index (χ4v) is 4.06. The number of carbonyl (C=O) groups excluding carboxylic acids is 3. The smallest absolute Gasteiger partial charge is 0.408 e. The first kappa shape index (κ1) is 32.2. The van der Waals surface area contributed by atoms with Crippen LogP contribution in [0.5, 0.6) is 0 Å². The van der Waals surface area contributed by atoms with Crippen LogP contribution in [0.1, 0.15) is 105 Å². The number of rotatable bonds is 14. The molecule has 0 heterocycles. The first-order valence-electron chi connectivity index (χ1n) is 13.6. The molecule has 37 heavy (non-hydrogen) atoms. The molecule has 0 saturated heterocycles. The van der Waals surface area contributed by atoms with Crippen molar-refractivity contribution in [3.05, 3.63) is 42.0 Å². The lowest BCUT2D eigenvalue weighted by atomic mass is 9.96. The van der Waals surface area contributed by atoms with E-state index in [2.05, 4.69) is 38.0 Å². The summed E-state index contributed by atoms with van der Waals surface area (Å²) in [5, 5.41) is 5.71. The summed E-state index contributed by atoms with van der Waals surface area (Å²) in [6.07, 6.45) is 5.61. The normalized spacial score (nSPS) is 13.9. The molecule has 208 valence electrons. The first-order valence-corrected chi connectivity index (χ1v) is 13.6. The quantitative estimate of drug-likeness (QED) is 0.287. The van der Waals surface area contributed by atoms with Crippen molar-refractivity contribution in [2.75, 3.05) is 6.54 Å². The maximum absolute atomic E-state index is 13.9. The van der Waals surface area contributed by atoms with Gasteiger partial charge >= 0.3 is 6.09 Å². The number of nitrogens with one attached hydrogen (secondary N) is 2. The number of ether oxygens (including phenoxy) is 1. The third kappa shape index (κ3) is 11.4. The van der Waals surface area contributed by atoms with Crippen LogP contribution in [0.15, 0.2) is 30.8 Å². The van der Waals surface area contributed by atoms with Gasteiger partial charge in [0, 0.05) is 12.6 Å². The summed E-state index contributed by atoms with van der Waals surface area (Å²) in [7, 11) is 0. The molecule has 3 unspecified atom stereocenters. The number of nitrogens with zero attached hydrogens (tertiary/aromatic N) is 1. The number of alkyl carbamates (subject to hydrolysis) is 1. The van der Waals surface area contributed by atoms with Crippen LogP contribution in [-0.2, 0) is 14.3 Å². The molecule has 7 heteroatoms. The molecule has 0 aliphatic rings. The zero-order valence-corrected chi connectivity index (χ0v) is 24.2. The lowest BCUT2D eigenvalue weighted by Gasteiger charge is -2.38. The summed E-state index contributed by atoms with van der Waals surface area (Å²) >= 11 is 0. The van der Waals surface area contributed by atoms with Crippen LogP contribution in [0.3, 0.4) is 0 Å². The van der Waals surface area contributed by atoms with Crippen LogP contribution in [-0.4, -0.2) is 47.0 Å². The minimum absolute atomic E-state index is 0.230. The Hall–Kier alpha value is -2.83. The molecule has 0 aliphatic carbocycles. The molecule has 0 aromatic heterocycles. The Morgan fingerprint density at radius 2 is 1.76 bits per heavy atom. The zero-order valence-electron chi connectivity index (χ0n) is 24.2. The lowest BCUT2D eigenvalue weighted by Crippen LogP contribution is -2.54. The lowest BCUT2D eigenvalue weighted by molar-refractivity contribution is -0.144. The second-order valence-electron chi connectivity index (χ2n) is 11.2. The van der Waals surface area contributed by atoms with Crippen LogP contribution in [0, 0.1) is 5.92 Å². The SMILES string of the molecule is C=Cc1cccc(C(C(=O)NCCCCC)N(C(=O)C(C)NC(=O)OC(C)(C)C)C(C)CCC(C)C)c1. The second-order valence-corrected chi connectivity index (χ2v) is 11.2. The van der Waals surface area contributed by atoms with Gasteiger partial charge in [-0.3, -0.25) is 9.59 Å². The highest BCUT2D eigenvalue weighted by Gasteiger charge is 2.37. The molecule has 0 aliphatic heterocycles. The predicted molar refractivity (Wildman–Crippen MR) is 151 cm³/mol. The van der Waals surface area contributed by atoms with Gasteiger partial charge < -0.3 is 20.3 Å². The Labute approximate surface area is 224 Å². The Balaban J connectivity index is 3.43. The predicted octanol–water partition coefficient (Wildman–Crippen LogP) is 6.24. The minimum atomic E-state index is -0.880. The van der Waals surface area contributed by atoms with E-state index < -0.39 is 23.8 Å². The number of hydrogen-bond donors (Lipinski definition) is 2. The van der Waals surface area contributed by atoms with Crippen LogP contribution in [0.2, 0.25) is 0 Å². The summed E-state index contributed by atoms with van der Waals surface area (Å²) in [6.45, 7) is 19.7. The Bertz CT molecular complexity index is 891. The highest BCUT2D eigenvalue weighted by atomic mass is 16.6. The zero-order chi connectivity index (χ0) is 28.2. The largest absolute Gasteiger partial charge is 0.444 e. The molecule has 0 spiro atoms. The number of carbonyl (C=O) groups is 3. The van der Waals surface area contributed by atoms with Gasteiger partial charge in [0.2, 0.25) is 11.8 Å². The van der Waals surface area contributed by atoms with Crippen molar-refractivity contribution < 1.29 is 19.1 Å². The van der Waals surface area contributed by atoms with E-state index in [1.54, 1.807) is 38.7 Å². The van der Waals surface area contributed by atoms with Gasteiger partial charge in [0.15, 0.2) is 0 Å². The van der Waals surface area contributed by atoms with Gasteiger partial charge in [-0.25, -0.2) is 4.79 Å². The van der Waals surface area contributed by atoms with Gasteiger partial charge in [0.05, 0.1) is 0 Å². The van der Waals surface area contributed by atoms with Gasteiger partial charge in [0.25, 0.3) is 0 Å². The standard InChI is InChI=1S/C30H49N3O4/c1-10-12-13-19-31-27(34)26(25-16-14-15-24(11-2)20-25)33(22(5)18-17-21(3)4)28(35)23(6)32-29(36)37-30(7,8)9/h11,14-16,20-23,26H,2,10,12-13,17-19H2,1,3-9H3,(H,31,34)(H,32,36). The van der Waals surface area contributed by atoms with Gasteiger partial charge in [-0.2, -0.15) is 0 Å².